The highest BCUT2D eigenvalue weighted by Crippen LogP contribution is 2.54. The van der Waals surface area contributed by atoms with E-state index in [9.17, 15) is 14.7 Å². The molecule has 3 aliphatic rings. The number of carbonyl (C=O) groups excluding carboxylic acids is 2. The van der Waals surface area contributed by atoms with Gasteiger partial charge in [0.2, 0.25) is 0 Å². The number of hydrogen-bond acceptors (Lipinski definition) is 6. The van der Waals surface area contributed by atoms with E-state index < -0.39 is 23.3 Å². The summed E-state index contributed by atoms with van der Waals surface area (Å²) in [5, 5.41) is 11.4. The molecule has 0 amide bonds. The fourth-order valence-corrected chi connectivity index (χ4v) is 6.18. The summed E-state index contributed by atoms with van der Waals surface area (Å²) in [5.41, 5.74) is -0.815. The van der Waals surface area contributed by atoms with Gasteiger partial charge in [0.25, 0.3) is 0 Å². The number of aliphatic hydroxyl groups is 1. The van der Waals surface area contributed by atoms with E-state index in [2.05, 4.69) is 26.8 Å². The van der Waals surface area contributed by atoms with Crippen LogP contribution in [0.25, 0.3) is 0 Å². The van der Waals surface area contributed by atoms with Gasteiger partial charge in [0.15, 0.2) is 0 Å². The molecule has 2 fully saturated rings. The van der Waals surface area contributed by atoms with Crippen molar-refractivity contribution in [3.8, 4) is 0 Å². The Kier molecular flexibility index (Phi) is 6.41. The molecular formula is C24H38O6. The van der Waals surface area contributed by atoms with E-state index >= 15 is 0 Å². The van der Waals surface area contributed by atoms with Crippen LogP contribution in [0.2, 0.25) is 0 Å². The molecule has 0 saturated carbocycles. The zero-order chi connectivity index (χ0) is 22.4. The Morgan fingerprint density at radius 1 is 1.23 bits per heavy atom. The molecule has 2 heterocycles. The highest BCUT2D eigenvalue weighted by atomic mass is 16.6. The highest BCUT2D eigenvalue weighted by molar-refractivity contribution is 5.67. The molecule has 6 heteroatoms. The predicted molar refractivity (Wildman–Crippen MR) is 113 cm³/mol. The van der Waals surface area contributed by atoms with Crippen LogP contribution in [-0.4, -0.2) is 46.6 Å². The largest absolute Gasteiger partial charge is 0.460 e. The summed E-state index contributed by atoms with van der Waals surface area (Å²) in [5.74, 6) is 0.466. The molecule has 2 aliphatic heterocycles. The van der Waals surface area contributed by atoms with E-state index in [4.69, 9.17) is 14.2 Å². The molecule has 170 valence electrons. The molecule has 2 bridgehead atoms. The second kappa shape index (κ2) is 8.27. The monoisotopic (exact) mass is 422 g/mol. The Morgan fingerprint density at radius 2 is 1.90 bits per heavy atom. The fourth-order valence-electron chi connectivity index (χ4n) is 6.18. The SMILES string of the molecule is CC(=O)O[C@@H]1CC[C@](C)(OC(C)=O)[C@H]2O[C@@H](C[C@@]1(C)O)[C@@H]1C(C)=CC[C@@H](C(C)C)[C@@H]12. The summed E-state index contributed by atoms with van der Waals surface area (Å²) >= 11 is 0. The van der Waals surface area contributed by atoms with Gasteiger partial charge >= 0.3 is 11.9 Å². The lowest BCUT2D eigenvalue weighted by molar-refractivity contribution is -0.179. The summed E-state index contributed by atoms with van der Waals surface area (Å²) in [6.07, 6.45) is 3.35. The molecule has 30 heavy (non-hydrogen) atoms. The van der Waals surface area contributed by atoms with E-state index in [0.29, 0.717) is 31.1 Å². The first-order valence-corrected chi connectivity index (χ1v) is 11.3. The maximum Gasteiger partial charge on any atom is 0.303 e. The van der Waals surface area contributed by atoms with E-state index in [-0.39, 0.29) is 30.0 Å². The van der Waals surface area contributed by atoms with Crippen LogP contribution in [0.15, 0.2) is 11.6 Å². The fraction of sp³-hybridized carbons (Fsp3) is 0.833. The molecule has 0 aromatic heterocycles. The molecule has 1 N–H and O–H groups in total. The minimum Gasteiger partial charge on any atom is -0.460 e. The van der Waals surface area contributed by atoms with Crippen LogP contribution in [0, 0.1) is 23.7 Å². The standard InChI is InChI=1S/C24H38O6/c1-13(2)17-9-8-14(3)20-18-12-23(6,27)19(28-15(4)25)10-11-24(7,30-16(5)26)22(29-18)21(17)20/h8,13,17-22,27H,9-12H2,1-7H3/t17-,18-,19+,20-,21-,22-,23+,24-/m0/s1. The molecule has 3 rings (SSSR count). The topological polar surface area (TPSA) is 82.1 Å². The van der Waals surface area contributed by atoms with Gasteiger partial charge < -0.3 is 19.3 Å². The molecule has 0 spiro atoms. The molecule has 1 aliphatic carbocycles. The van der Waals surface area contributed by atoms with Crippen molar-refractivity contribution in [1.29, 1.82) is 0 Å². The molecule has 0 radical (unpaired) electrons. The average molecular weight is 423 g/mol. The van der Waals surface area contributed by atoms with Gasteiger partial charge in [0, 0.05) is 32.1 Å². The predicted octanol–water partition coefficient (Wildman–Crippen LogP) is 3.80. The van der Waals surface area contributed by atoms with E-state index in [0.717, 1.165) is 6.42 Å². The third-order valence-electron chi connectivity index (χ3n) is 7.57. The van der Waals surface area contributed by atoms with Crippen LogP contribution >= 0.6 is 0 Å². The average Bonchev–Trinajstić information content (AvgIpc) is 2.98. The van der Waals surface area contributed by atoms with Crippen molar-refractivity contribution in [3.05, 3.63) is 11.6 Å². The number of carbonyl (C=O) groups is 2. The number of hydrogen-bond donors (Lipinski definition) is 1. The van der Waals surface area contributed by atoms with Gasteiger partial charge in [-0.2, -0.15) is 0 Å². The van der Waals surface area contributed by atoms with E-state index in [1.54, 1.807) is 6.92 Å². The lowest BCUT2D eigenvalue weighted by atomic mass is 9.62. The number of allylic oxidation sites excluding steroid dienone is 1. The zero-order valence-corrected chi connectivity index (χ0v) is 19.4. The van der Waals surface area contributed by atoms with Gasteiger partial charge in [-0.1, -0.05) is 25.5 Å². The van der Waals surface area contributed by atoms with Gasteiger partial charge in [0.05, 0.1) is 6.10 Å². The quantitative estimate of drug-likeness (QED) is 0.550. The second-order valence-electron chi connectivity index (χ2n) is 10.4. The Bertz CT molecular complexity index is 710. The number of rotatable bonds is 3. The van der Waals surface area contributed by atoms with Crippen molar-refractivity contribution >= 4 is 11.9 Å². The van der Waals surface area contributed by atoms with Gasteiger partial charge in [-0.3, -0.25) is 9.59 Å². The Hall–Kier alpha value is -1.40. The van der Waals surface area contributed by atoms with Gasteiger partial charge in [-0.25, -0.2) is 0 Å². The number of fused-ring (bicyclic) bond motifs is 5. The van der Waals surface area contributed by atoms with Crippen LogP contribution in [-0.2, 0) is 23.8 Å². The number of ether oxygens (including phenoxy) is 3. The minimum absolute atomic E-state index is 0.147. The summed E-state index contributed by atoms with van der Waals surface area (Å²) in [7, 11) is 0. The first-order valence-electron chi connectivity index (χ1n) is 11.3. The smallest absolute Gasteiger partial charge is 0.303 e. The molecule has 0 aromatic carbocycles. The van der Waals surface area contributed by atoms with Crippen molar-refractivity contribution < 1.29 is 28.9 Å². The third-order valence-corrected chi connectivity index (χ3v) is 7.57. The van der Waals surface area contributed by atoms with Gasteiger partial charge in [-0.05, 0) is 51.9 Å². The van der Waals surface area contributed by atoms with Crippen molar-refractivity contribution in [3.63, 3.8) is 0 Å². The number of esters is 2. The first-order chi connectivity index (χ1) is 13.9. The normalized spacial score (nSPS) is 43.7. The lowest BCUT2D eigenvalue weighted by Crippen LogP contribution is -2.52. The summed E-state index contributed by atoms with van der Waals surface area (Å²) < 4.78 is 18.1. The summed E-state index contributed by atoms with van der Waals surface area (Å²) in [6.45, 7) is 13.1. The maximum absolute atomic E-state index is 12.1. The van der Waals surface area contributed by atoms with E-state index in [1.807, 2.05) is 6.92 Å². The van der Waals surface area contributed by atoms with E-state index in [1.165, 1.54) is 19.4 Å². The lowest BCUT2D eigenvalue weighted by Gasteiger charge is -2.45. The minimum atomic E-state index is -1.23. The van der Waals surface area contributed by atoms with Gasteiger partial charge in [0.1, 0.15) is 23.4 Å². The second-order valence-corrected chi connectivity index (χ2v) is 10.4. The molecule has 6 nitrogen and oxygen atoms in total. The molecule has 2 saturated heterocycles. The molecule has 0 aromatic rings. The summed E-state index contributed by atoms with van der Waals surface area (Å²) in [4.78, 5) is 23.8. The van der Waals surface area contributed by atoms with Crippen molar-refractivity contribution in [1.82, 2.24) is 0 Å². The van der Waals surface area contributed by atoms with Crippen molar-refractivity contribution in [2.24, 2.45) is 23.7 Å². The Labute approximate surface area is 180 Å². The maximum atomic E-state index is 12.1. The molecular weight excluding hydrogens is 384 g/mol. The van der Waals surface area contributed by atoms with Crippen LogP contribution in [0.4, 0.5) is 0 Å². The van der Waals surface area contributed by atoms with Crippen molar-refractivity contribution in [2.75, 3.05) is 0 Å². The first kappa shape index (κ1) is 23.3. The molecule has 8 atom stereocenters. The van der Waals surface area contributed by atoms with Crippen LogP contribution < -0.4 is 0 Å². The Balaban J connectivity index is 2.08. The van der Waals surface area contributed by atoms with Crippen molar-refractivity contribution in [2.45, 2.75) is 104 Å². The van der Waals surface area contributed by atoms with Crippen LogP contribution in [0.1, 0.15) is 74.1 Å². The van der Waals surface area contributed by atoms with Crippen LogP contribution in [0.5, 0.6) is 0 Å². The molecule has 0 unspecified atom stereocenters. The highest BCUT2D eigenvalue weighted by Gasteiger charge is 2.60. The van der Waals surface area contributed by atoms with Crippen LogP contribution in [0.3, 0.4) is 0 Å². The third kappa shape index (κ3) is 4.31. The summed E-state index contributed by atoms with van der Waals surface area (Å²) in [6, 6.07) is 0. The Morgan fingerprint density at radius 3 is 2.47 bits per heavy atom. The zero-order valence-electron chi connectivity index (χ0n) is 19.4. The van der Waals surface area contributed by atoms with Gasteiger partial charge in [-0.15, -0.1) is 0 Å².